The summed E-state index contributed by atoms with van der Waals surface area (Å²) in [5, 5.41) is 9.03. The van der Waals surface area contributed by atoms with Gasteiger partial charge in [-0.2, -0.15) is 0 Å². The Bertz CT molecular complexity index is 303. The quantitative estimate of drug-likeness (QED) is 0.710. The monoisotopic (exact) mass is 220 g/mol. The van der Waals surface area contributed by atoms with Gasteiger partial charge in [-0.05, 0) is 57.9 Å². The first-order valence-corrected chi connectivity index (χ1v) is 6.22. The average Bonchev–Trinajstić information content (AvgIpc) is 2.28. The van der Waals surface area contributed by atoms with Crippen LogP contribution in [0.5, 0.6) is 0 Å². The first kappa shape index (κ1) is 13.2. The summed E-state index contributed by atoms with van der Waals surface area (Å²) in [5.74, 6) is 0.695. The van der Waals surface area contributed by atoms with E-state index < -0.39 is 0 Å². The summed E-state index contributed by atoms with van der Waals surface area (Å²) in [6.07, 6.45) is 11.2. The number of rotatable bonds is 4. The van der Waals surface area contributed by atoms with Crippen molar-refractivity contribution in [1.82, 2.24) is 0 Å². The molecular weight excluding hydrogens is 196 g/mol. The van der Waals surface area contributed by atoms with Crippen molar-refractivity contribution in [3.05, 3.63) is 34.9 Å². The van der Waals surface area contributed by atoms with Crippen molar-refractivity contribution in [3.63, 3.8) is 0 Å². The second-order valence-electron chi connectivity index (χ2n) is 4.96. The molecular formula is C15H24O. The van der Waals surface area contributed by atoms with Crippen LogP contribution >= 0.6 is 0 Å². The Morgan fingerprint density at radius 1 is 1.38 bits per heavy atom. The topological polar surface area (TPSA) is 20.2 Å². The second kappa shape index (κ2) is 6.70. The Morgan fingerprint density at radius 2 is 2.12 bits per heavy atom. The van der Waals surface area contributed by atoms with E-state index in [0.717, 1.165) is 19.3 Å². The van der Waals surface area contributed by atoms with Gasteiger partial charge in [0.15, 0.2) is 0 Å². The van der Waals surface area contributed by atoms with Crippen LogP contribution in [-0.2, 0) is 0 Å². The molecule has 0 heterocycles. The van der Waals surface area contributed by atoms with Crippen LogP contribution in [0.15, 0.2) is 34.9 Å². The lowest BCUT2D eigenvalue weighted by Gasteiger charge is -2.21. The summed E-state index contributed by atoms with van der Waals surface area (Å²) < 4.78 is 0. The van der Waals surface area contributed by atoms with Crippen molar-refractivity contribution < 1.29 is 5.11 Å². The molecule has 90 valence electrons. The second-order valence-corrected chi connectivity index (χ2v) is 4.96. The van der Waals surface area contributed by atoms with Crippen molar-refractivity contribution in [2.24, 2.45) is 5.92 Å². The first-order valence-electron chi connectivity index (χ1n) is 6.22. The molecule has 1 heteroatoms. The standard InChI is InChI=1S/C15H24O/c1-12(2)5-4-6-13(3)15-9-7-14(11-16)8-10-15/h5-7,15-16H,4,8-11H2,1-3H3/b13-6-. The van der Waals surface area contributed by atoms with Gasteiger partial charge >= 0.3 is 0 Å². The molecule has 1 aliphatic rings. The fraction of sp³-hybridized carbons (Fsp3) is 0.600. The summed E-state index contributed by atoms with van der Waals surface area (Å²) in [4.78, 5) is 0. The summed E-state index contributed by atoms with van der Waals surface area (Å²) in [5.41, 5.74) is 4.11. The zero-order valence-corrected chi connectivity index (χ0v) is 10.8. The number of hydrogen-bond donors (Lipinski definition) is 1. The Balaban J connectivity index is 2.47. The van der Waals surface area contributed by atoms with Gasteiger partial charge in [-0.1, -0.05) is 29.4 Å². The molecule has 0 saturated heterocycles. The van der Waals surface area contributed by atoms with E-state index in [9.17, 15) is 0 Å². The number of hydrogen-bond acceptors (Lipinski definition) is 1. The lowest BCUT2D eigenvalue weighted by molar-refractivity contribution is 0.319. The van der Waals surface area contributed by atoms with Crippen molar-refractivity contribution in [2.45, 2.75) is 46.5 Å². The van der Waals surface area contributed by atoms with E-state index in [0.29, 0.717) is 5.92 Å². The van der Waals surface area contributed by atoms with Crippen LogP contribution < -0.4 is 0 Å². The molecule has 1 aliphatic carbocycles. The first-order chi connectivity index (χ1) is 7.63. The number of aliphatic hydroxyl groups excluding tert-OH is 1. The van der Waals surface area contributed by atoms with Crippen LogP contribution in [0.2, 0.25) is 0 Å². The Labute approximate surface area is 99.6 Å². The largest absolute Gasteiger partial charge is 0.392 e. The molecule has 0 aliphatic heterocycles. The maximum atomic E-state index is 9.03. The molecule has 1 rings (SSSR count). The van der Waals surface area contributed by atoms with E-state index in [-0.39, 0.29) is 6.61 Å². The lowest BCUT2D eigenvalue weighted by Crippen LogP contribution is -2.08. The normalized spacial score (nSPS) is 21.6. The van der Waals surface area contributed by atoms with Gasteiger partial charge in [0, 0.05) is 0 Å². The molecule has 16 heavy (non-hydrogen) atoms. The van der Waals surface area contributed by atoms with Gasteiger partial charge in [0.25, 0.3) is 0 Å². The molecule has 0 aromatic carbocycles. The molecule has 0 aromatic rings. The maximum Gasteiger partial charge on any atom is 0.0641 e. The van der Waals surface area contributed by atoms with Crippen LogP contribution in [-0.4, -0.2) is 11.7 Å². The number of allylic oxidation sites excluding steroid dienone is 5. The van der Waals surface area contributed by atoms with Gasteiger partial charge < -0.3 is 5.11 Å². The molecule has 1 N–H and O–H groups in total. The average molecular weight is 220 g/mol. The minimum Gasteiger partial charge on any atom is -0.392 e. The third-order valence-corrected chi connectivity index (χ3v) is 3.32. The highest BCUT2D eigenvalue weighted by Gasteiger charge is 2.14. The van der Waals surface area contributed by atoms with E-state index in [1.165, 1.54) is 23.1 Å². The lowest BCUT2D eigenvalue weighted by atomic mass is 9.85. The zero-order valence-electron chi connectivity index (χ0n) is 10.8. The van der Waals surface area contributed by atoms with Crippen LogP contribution in [0, 0.1) is 5.92 Å². The van der Waals surface area contributed by atoms with E-state index in [1.54, 1.807) is 0 Å². The highest BCUT2D eigenvalue weighted by molar-refractivity contribution is 5.15. The molecule has 0 spiro atoms. The minimum absolute atomic E-state index is 0.243. The predicted molar refractivity (Wildman–Crippen MR) is 70.3 cm³/mol. The zero-order chi connectivity index (χ0) is 12.0. The Kier molecular flexibility index (Phi) is 5.54. The molecule has 0 aromatic heterocycles. The molecule has 0 saturated carbocycles. The Morgan fingerprint density at radius 3 is 2.62 bits per heavy atom. The van der Waals surface area contributed by atoms with Gasteiger partial charge in [0.1, 0.15) is 0 Å². The highest BCUT2D eigenvalue weighted by Crippen LogP contribution is 2.28. The van der Waals surface area contributed by atoms with Gasteiger partial charge in [-0.3, -0.25) is 0 Å². The smallest absolute Gasteiger partial charge is 0.0641 e. The van der Waals surface area contributed by atoms with Crippen LogP contribution in [0.1, 0.15) is 46.5 Å². The molecule has 0 amide bonds. The minimum atomic E-state index is 0.243. The number of aliphatic hydroxyl groups is 1. The fourth-order valence-corrected chi connectivity index (χ4v) is 2.09. The van der Waals surface area contributed by atoms with E-state index in [2.05, 4.69) is 39.0 Å². The summed E-state index contributed by atoms with van der Waals surface area (Å²) in [6.45, 7) is 6.76. The van der Waals surface area contributed by atoms with Crippen molar-refractivity contribution in [2.75, 3.05) is 6.61 Å². The van der Waals surface area contributed by atoms with Crippen LogP contribution in [0.3, 0.4) is 0 Å². The third-order valence-electron chi connectivity index (χ3n) is 3.32. The van der Waals surface area contributed by atoms with Crippen LogP contribution in [0.25, 0.3) is 0 Å². The molecule has 1 atom stereocenters. The van der Waals surface area contributed by atoms with Gasteiger partial charge in [-0.25, -0.2) is 0 Å². The van der Waals surface area contributed by atoms with Gasteiger partial charge in [0.05, 0.1) is 6.61 Å². The van der Waals surface area contributed by atoms with Crippen LogP contribution in [0.4, 0.5) is 0 Å². The van der Waals surface area contributed by atoms with E-state index in [4.69, 9.17) is 5.11 Å². The summed E-state index contributed by atoms with van der Waals surface area (Å²) in [7, 11) is 0. The van der Waals surface area contributed by atoms with Gasteiger partial charge in [-0.15, -0.1) is 0 Å². The summed E-state index contributed by atoms with van der Waals surface area (Å²) in [6, 6.07) is 0. The van der Waals surface area contributed by atoms with Crippen molar-refractivity contribution in [1.29, 1.82) is 0 Å². The van der Waals surface area contributed by atoms with Crippen molar-refractivity contribution in [3.8, 4) is 0 Å². The predicted octanol–water partition coefficient (Wildman–Crippen LogP) is 4.01. The SMILES string of the molecule is CC(C)=CC/C=C(/C)C1CC=C(CO)CC1. The maximum absolute atomic E-state index is 9.03. The Hall–Kier alpha value is -0.820. The third kappa shape index (κ3) is 4.36. The highest BCUT2D eigenvalue weighted by atomic mass is 16.3. The molecule has 1 unspecified atom stereocenters. The van der Waals surface area contributed by atoms with E-state index in [1.807, 2.05) is 0 Å². The molecule has 0 radical (unpaired) electrons. The molecule has 0 fully saturated rings. The summed E-state index contributed by atoms with van der Waals surface area (Å²) >= 11 is 0. The van der Waals surface area contributed by atoms with Crippen molar-refractivity contribution >= 4 is 0 Å². The fourth-order valence-electron chi connectivity index (χ4n) is 2.09. The molecule has 1 nitrogen and oxygen atoms in total. The molecule has 0 bridgehead atoms. The van der Waals surface area contributed by atoms with E-state index >= 15 is 0 Å². The van der Waals surface area contributed by atoms with Gasteiger partial charge in [0.2, 0.25) is 0 Å².